The van der Waals surface area contributed by atoms with Gasteiger partial charge in [-0.3, -0.25) is 0 Å². The summed E-state index contributed by atoms with van der Waals surface area (Å²) in [6, 6.07) is 10.1. The third kappa shape index (κ3) is 2.01. The third-order valence-electron chi connectivity index (χ3n) is 2.66. The van der Waals surface area contributed by atoms with Gasteiger partial charge in [-0.2, -0.15) is 0 Å². The molecule has 0 aliphatic rings. The molecule has 2 aromatic rings. The number of phenols is 1. The van der Waals surface area contributed by atoms with E-state index in [2.05, 4.69) is 0 Å². The fraction of sp³-hybridized carbons (Fsp3) is 0.154. The van der Waals surface area contributed by atoms with Gasteiger partial charge in [0.1, 0.15) is 11.4 Å². The topological polar surface area (TPSA) is 62.5 Å². The number of aromatic carboxylic acids is 1. The lowest BCUT2D eigenvalue weighted by atomic mass is 10.1. The zero-order valence-corrected chi connectivity index (χ0v) is 9.42. The number of carboxylic acid groups (broad SMARTS) is 1. The van der Waals surface area contributed by atoms with E-state index < -0.39 is 5.97 Å². The lowest BCUT2D eigenvalue weighted by molar-refractivity contribution is 0.0685. The molecule has 1 heterocycles. The molecular weight excluding hydrogens is 218 g/mol. The van der Waals surface area contributed by atoms with Gasteiger partial charge in [-0.25, -0.2) is 4.79 Å². The van der Waals surface area contributed by atoms with Crippen molar-refractivity contribution in [2.75, 3.05) is 0 Å². The highest BCUT2D eigenvalue weighted by Gasteiger charge is 2.13. The zero-order valence-electron chi connectivity index (χ0n) is 9.42. The first kappa shape index (κ1) is 11.3. The number of aromatic nitrogens is 1. The Bertz CT molecular complexity index is 558. The Labute approximate surface area is 98.8 Å². The van der Waals surface area contributed by atoms with Gasteiger partial charge in [0.15, 0.2) is 0 Å². The molecular formula is C13H13NO3. The van der Waals surface area contributed by atoms with E-state index in [0.717, 1.165) is 11.3 Å². The van der Waals surface area contributed by atoms with Crippen molar-refractivity contribution in [3.63, 3.8) is 0 Å². The van der Waals surface area contributed by atoms with Gasteiger partial charge in [0.2, 0.25) is 0 Å². The predicted octanol–water partition coefficient (Wildman–Crippen LogP) is 2.58. The number of hydrogen-bond donors (Lipinski definition) is 2. The summed E-state index contributed by atoms with van der Waals surface area (Å²) in [6.07, 6.45) is 0. The summed E-state index contributed by atoms with van der Waals surface area (Å²) in [7, 11) is 0. The molecule has 0 aliphatic heterocycles. The van der Waals surface area contributed by atoms with Gasteiger partial charge in [0.05, 0.1) is 0 Å². The van der Waals surface area contributed by atoms with Crippen LogP contribution in [0.25, 0.3) is 11.3 Å². The summed E-state index contributed by atoms with van der Waals surface area (Å²) in [4.78, 5) is 11.0. The standard InChI is InChI=1S/C13H13NO3/c1-2-14-11(6-7-12(14)13(16)17)9-4-3-5-10(15)8-9/h3-8,15H,2H2,1H3,(H,16,17). The zero-order chi connectivity index (χ0) is 12.4. The number of phenolic OH excluding ortho intramolecular Hbond substituents is 1. The smallest absolute Gasteiger partial charge is 0.352 e. The van der Waals surface area contributed by atoms with Gasteiger partial charge < -0.3 is 14.8 Å². The Morgan fingerprint density at radius 2 is 2.06 bits per heavy atom. The minimum atomic E-state index is -0.946. The SMILES string of the molecule is CCn1c(C(=O)O)ccc1-c1cccc(O)c1. The minimum absolute atomic E-state index is 0.170. The van der Waals surface area contributed by atoms with Crippen molar-refractivity contribution in [2.24, 2.45) is 0 Å². The van der Waals surface area contributed by atoms with Crippen LogP contribution in [0, 0.1) is 0 Å². The molecule has 0 atom stereocenters. The van der Waals surface area contributed by atoms with Gasteiger partial charge in [-0.05, 0) is 31.2 Å². The number of carboxylic acids is 1. The van der Waals surface area contributed by atoms with E-state index in [1.54, 1.807) is 34.9 Å². The van der Waals surface area contributed by atoms with Crippen molar-refractivity contribution < 1.29 is 15.0 Å². The fourth-order valence-corrected chi connectivity index (χ4v) is 1.91. The Kier molecular flexibility index (Phi) is 2.87. The second kappa shape index (κ2) is 4.33. The van der Waals surface area contributed by atoms with E-state index >= 15 is 0 Å². The number of carbonyl (C=O) groups is 1. The van der Waals surface area contributed by atoms with Crippen molar-refractivity contribution >= 4 is 5.97 Å². The van der Waals surface area contributed by atoms with Crippen molar-refractivity contribution in [2.45, 2.75) is 13.5 Å². The van der Waals surface area contributed by atoms with E-state index in [9.17, 15) is 9.90 Å². The molecule has 0 saturated heterocycles. The largest absolute Gasteiger partial charge is 0.508 e. The van der Waals surface area contributed by atoms with Crippen LogP contribution in [0.15, 0.2) is 36.4 Å². The maximum absolute atomic E-state index is 11.0. The molecule has 0 saturated carbocycles. The minimum Gasteiger partial charge on any atom is -0.508 e. The van der Waals surface area contributed by atoms with Crippen LogP contribution >= 0.6 is 0 Å². The molecule has 0 fully saturated rings. The average Bonchev–Trinajstić information content (AvgIpc) is 2.72. The summed E-state index contributed by atoms with van der Waals surface area (Å²) < 4.78 is 1.71. The molecule has 0 aliphatic carbocycles. The van der Waals surface area contributed by atoms with Crippen molar-refractivity contribution in [1.82, 2.24) is 4.57 Å². The third-order valence-corrected chi connectivity index (χ3v) is 2.66. The first-order valence-corrected chi connectivity index (χ1v) is 5.35. The number of hydrogen-bond acceptors (Lipinski definition) is 2. The van der Waals surface area contributed by atoms with Crippen LogP contribution in [-0.4, -0.2) is 20.7 Å². The summed E-state index contributed by atoms with van der Waals surface area (Å²) in [6.45, 7) is 2.46. The molecule has 0 amide bonds. The number of benzene rings is 1. The first-order valence-electron chi connectivity index (χ1n) is 5.35. The Morgan fingerprint density at radius 3 is 2.65 bits per heavy atom. The van der Waals surface area contributed by atoms with Gasteiger partial charge >= 0.3 is 5.97 Å². The fourth-order valence-electron chi connectivity index (χ4n) is 1.91. The van der Waals surface area contributed by atoms with Crippen LogP contribution in [0.1, 0.15) is 17.4 Å². The van der Waals surface area contributed by atoms with Crippen LogP contribution in [0.4, 0.5) is 0 Å². The van der Waals surface area contributed by atoms with Crippen molar-refractivity contribution in [1.29, 1.82) is 0 Å². The van der Waals surface area contributed by atoms with Crippen molar-refractivity contribution in [3.05, 3.63) is 42.1 Å². The van der Waals surface area contributed by atoms with Crippen LogP contribution in [0.5, 0.6) is 5.75 Å². The maximum Gasteiger partial charge on any atom is 0.352 e. The molecule has 88 valence electrons. The molecule has 0 radical (unpaired) electrons. The summed E-state index contributed by atoms with van der Waals surface area (Å²) in [5.74, 6) is -0.776. The summed E-state index contributed by atoms with van der Waals surface area (Å²) in [5.41, 5.74) is 1.85. The molecule has 4 heteroatoms. The lowest BCUT2D eigenvalue weighted by Gasteiger charge is -2.09. The van der Waals surface area contributed by atoms with E-state index in [4.69, 9.17) is 5.11 Å². The van der Waals surface area contributed by atoms with Gasteiger partial charge in [0, 0.05) is 17.8 Å². The molecule has 2 N–H and O–H groups in total. The highest BCUT2D eigenvalue weighted by Crippen LogP contribution is 2.25. The quantitative estimate of drug-likeness (QED) is 0.853. The molecule has 0 spiro atoms. The van der Waals surface area contributed by atoms with Crippen molar-refractivity contribution in [3.8, 4) is 17.0 Å². The van der Waals surface area contributed by atoms with E-state index in [1.165, 1.54) is 0 Å². The van der Waals surface area contributed by atoms with Gasteiger partial charge in [-0.15, -0.1) is 0 Å². The molecule has 0 unspecified atom stereocenters. The van der Waals surface area contributed by atoms with E-state index in [1.807, 2.05) is 13.0 Å². The highest BCUT2D eigenvalue weighted by atomic mass is 16.4. The van der Waals surface area contributed by atoms with Gasteiger partial charge in [-0.1, -0.05) is 12.1 Å². The number of nitrogens with zero attached hydrogens (tertiary/aromatic N) is 1. The summed E-state index contributed by atoms with van der Waals surface area (Å²) in [5, 5.41) is 18.5. The second-order valence-corrected chi connectivity index (χ2v) is 3.70. The van der Waals surface area contributed by atoms with Crippen LogP contribution in [0.3, 0.4) is 0 Å². The average molecular weight is 231 g/mol. The Balaban J connectivity index is 2.56. The maximum atomic E-state index is 11.0. The molecule has 17 heavy (non-hydrogen) atoms. The number of aromatic hydroxyl groups is 1. The van der Waals surface area contributed by atoms with E-state index in [0.29, 0.717) is 6.54 Å². The van der Waals surface area contributed by atoms with Gasteiger partial charge in [0.25, 0.3) is 0 Å². The van der Waals surface area contributed by atoms with Crippen LogP contribution < -0.4 is 0 Å². The highest BCUT2D eigenvalue weighted by molar-refractivity contribution is 5.87. The number of rotatable bonds is 3. The molecule has 2 rings (SSSR count). The molecule has 0 bridgehead atoms. The second-order valence-electron chi connectivity index (χ2n) is 3.70. The Hall–Kier alpha value is -2.23. The predicted molar refractivity (Wildman–Crippen MR) is 64.2 cm³/mol. The lowest BCUT2D eigenvalue weighted by Crippen LogP contribution is -2.08. The molecule has 1 aromatic carbocycles. The normalized spacial score (nSPS) is 10.4. The molecule has 4 nitrogen and oxygen atoms in total. The van der Waals surface area contributed by atoms with Crippen LogP contribution in [0.2, 0.25) is 0 Å². The first-order chi connectivity index (χ1) is 8.13. The molecule has 1 aromatic heterocycles. The Morgan fingerprint density at radius 1 is 1.29 bits per heavy atom. The monoisotopic (exact) mass is 231 g/mol. The van der Waals surface area contributed by atoms with Crippen LogP contribution in [-0.2, 0) is 6.54 Å². The summed E-state index contributed by atoms with van der Waals surface area (Å²) >= 11 is 0. The van der Waals surface area contributed by atoms with E-state index in [-0.39, 0.29) is 11.4 Å².